The maximum absolute atomic E-state index is 14.0. The molecule has 0 aromatic heterocycles. The van der Waals surface area contributed by atoms with E-state index in [1.165, 1.54) is 6.07 Å². The van der Waals surface area contributed by atoms with Crippen LogP contribution in [0.15, 0.2) is 23.2 Å². The van der Waals surface area contributed by atoms with E-state index >= 15 is 0 Å². The average molecular weight is 401 g/mol. The highest BCUT2D eigenvalue weighted by molar-refractivity contribution is 7.86. The molecule has 0 aliphatic carbocycles. The second-order valence-corrected chi connectivity index (χ2v) is 9.79. The Labute approximate surface area is 163 Å². The number of anilines is 1. The summed E-state index contributed by atoms with van der Waals surface area (Å²) in [5.74, 6) is 0.459. The summed E-state index contributed by atoms with van der Waals surface area (Å²) in [5, 5.41) is 3.26. The molecule has 1 aliphatic heterocycles. The van der Waals surface area contributed by atoms with Gasteiger partial charge in [-0.05, 0) is 39.8 Å². The molecule has 0 spiro atoms. The molecule has 1 saturated heterocycles. The Morgan fingerprint density at radius 2 is 1.89 bits per heavy atom. The maximum atomic E-state index is 14.0. The fourth-order valence-corrected chi connectivity index (χ4v) is 3.72. The Balaban J connectivity index is 1.97. The van der Waals surface area contributed by atoms with Crippen molar-refractivity contribution in [3.63, 3.8) is 0 Å². The van der Waals surface area contributed by atoms with E-state index in [4.69, 9.17) is 0 Å². The molecule has 1 fully saturated rings. The minimum atomic E-state index is -0.937. The molecule has 1 aromatic rings. The molecule has 152 valence electrons. The third kappa shape index (κ3) is 6.16. The number of halogens is 2. The first-order chi connectivity index (χ1) is 12.7. The van der Waals surface area contributed by atoms with Gasteiger partial charge in [0, 0.05) is 60.1 Å². The lowest BCUT2D eigenvalue weighted by atomic mass is 10.2. The van der Waals surface area contributed by atoms with Gasteiger partial charge in [0.25, 0.3) is 0 Å². The first-order valence-corrected chi connectivity index (χ1v) is 10.7. The van der Waals surface area contributed by atoms with Gasteiger partial charge in [-0.3, -0.25) is 9.20 Å². The third-order valence-electron chi connectivity index (χ3n) is 4.38. The van der Waals surface area contributed by atoms with E-state index in [0.29, 0.717) is 44.2 Å². The number of nitrogens with zero attached hydrogens (tertiary/aromatic N) is 3. The van der Waals surface area contributed by atoms with Crippen molar-refractivity contribution in [1.82, 2.24) is 10.2 Å². The molecule has 0 amide bonds. The summed E-state index contributed by atoms with van der Waals surface area (Å²) in [6.45, 7) is 11.6. The fourth-order valence-electron chi connectivity index (χ4n) is 2.85. The minimum Gasteiger partial charge on any atom is -0.366 e. The summed E-state index contributed by atoms with van der Waals surface area (Å²) >= 11 is 0. The monoisotopic (exact) mass is 400 g/mol. The van der Waals surface area contributed by atoms with Crippen molar-refractivity contribution in [2.75, 3.05) is 49.9 Å². The van der Waals surface area contributed by atoms with E-state index in [0.717, 1.165) is 24.6 Å². The number of hydrogen-bond acceptors (Lipinski definition) is 3. The minimum absolute atomic E-state index is 0.242. The van der Waals surface area contributed by atoms with Crippen molar-refractivity contribution in [3.8, 4) is 0 Å². The van der Waals surface area contributed by atoms with Gasteiger partial charge in [-0.2, -0.15) is 0 Å². The molecule has 0 radical (unpaired) electrons. The first kappa shape index (κ1) is 21.6. The number of rotatable bonds is 5. The second kappa shape index (κ2) is 9.48. The van der Waals surface area contributed by atoms with Crippen LogP contribution in [0.25, 0.3) is 0 Å². The third-order valence-corrected chi connectivity index (χ3v) is 6.30. The lowest BCUT2D eigenvalue weighted by molar-refractivity contribution is 0.371. The van der Waals surface area contributed by atoms with Crippen LogP contribution in [-0.4, -0.2) is 64.8 Å². The van der Waals surface area contributed by atoms with Gasteiger partial charge in [0.1, 0.15) is 11.6 Å². The van der Waals surface area contributed by atoms with Gasteiger partial charge in [-0.25, -0.2) is 8.78 Å². The highest BCUT2D eigenvalue weighted by atomic mass is 32.2. The molecule has 5 nitrogen and oxygen atoms in total. The van der Waals surface area contributed by atoms with Crippen LogP contribution < -0.4 is 10.2 Å². The van der Waals surface area contributed by atoms with E-state index in [-0.39, 0.29) is 4.75 Å². The smallest absolute Gasteiger partial charge is 0.194 e. The first-order valence-electron chi connectivity index (χ1n) is 9.34. The van der Waals surface area contributed by atoms with Gasteiger partial charge in [0.05, 0.1) is 12.2 Å². The van der Waals surface area contributed by atoms with Gasteiger partial charge >= 0.3 is 0 Å². The van der Waals surface area contributed by atoms with E-state index in [1.807, 2.05) is 32.6 Å². The standard InChI is InChI=1S/C19H30F2N4OS/c1-5-22-18(23-8-13-27(26)19(2,3)4)25-11-9-24(10-12-25)17-14-15(20)6-7-16(17)21/h6-7,14H,5,8-13H2,1-4H3,(H,22,23). The van der Waals surface area contributed by atoms with Crippen LogP contribution in [0.2, 0.25) is 0 Å². The SMILES string of the molecule is CCNC(=NCCS(=O)C(C)(C)C)N1CCN(c2cc(F)ccc2F)CC1. The molecule has 1 heterocycles. The van der Waals surface area contributed by atoms with Gasteiger partial charge in [0.15, 0.2) is 5.96 Å². The molecule has 1 atom stereocenters. The van der Waals surface area contributed by atoms with Crippen LogP contribution >= 0.6 is 0 Å². The highest BCUT2D eigenvalue weighted by Gasteiger charge is 2.23. The summed E-state index contributed by atoms with van der Waals surface area (Å²) in [5.41, 5.74) is 0.303. The molecule has 1 N–H and O–H groups in total. The molecule has 27 heavy (non-hydrogen) atoms. The van der Waals surface area contributed by atoms with Crippen molar-refractivity contribution < 1.29 is 13.0 Å². The number of nitrogens with one attached hydrogen (secondary N) is 1. The molecule has 8 heteroatoms. The zero-order valence-electron chi connectivity index (χ0n) is 16.6. The van der Waals surface area contributed by atoms with Crippen LogP contribution in [0.5, 0.6) is 0 Å². The quantitative estimate of drug-likeness (QED) is 0.610. The van der Waals surface area contributed by atoms with E-state index in [9.17, 15) is 13.0 Å². The predicted octanol–water partition coefficient (Wildman–Crippen LogP) is 2.60. The number of hydrogen-bond donors (Lipinski definition) is 1. The molecular weight excluding hydrogens is 370 g/mol. The Bertz CT molecular complexity index is 683. The zero-order valence-corrected chi connectivity index (χ0v) is 17.4. The number of piperazine rings is 1. The molecule has 2 rings (SSSR count). The van der Waals surface area contributed by atoms with Crippen molar-refractivity contribution in [1.29, 1.82) is 0 Å². The lowest BCUT2D eigenvalue weighted by Crippen LogP contribution is -2.52. The lowest BCUT2D eigenvalue weighted by Gasteiger charge is -2.37. The predicted molar refractivity (Wildman–Crippen MR) is 109 cm³/mol. The fraction of sp³-hybridized carbons (Fsp3) is 0.632. The highest BCUT2D eigenvalue weighted by Crippen LogP contribution is 2.22. The molecule has 1 aliphatic rings. The van der Waals surface area contributed by atoms with Gasteiger partial charge in [0.2, 0.25) is 0 Å². The van der Waals surface area contributed by atoms with Crippen LogP contribution in [0.1, 0.15) is 27.7 Å². The Kier molecular flexibility index (Phi) is 7.59. The van der Waals surface area contributed by atoms with E-state index < -0.39 is 22.4 Å². The summed E-state index contributed by atoms with van der Waals surface area (Å²) in [6, 6.07) is 3.54. The Hall–Kier alpha value is -1.70. The van der Waals surface area contributed by atoms with Gasteiger partial charge < -0.3 is 15.1 Å². The Morgan fingerprint density at radius 3 is 2.48 bits per heavy atom. The van der Waals surface area contributed by atoms with Crippen LogP contribution in [0, 0.1) is 11.6 Å². The molecule has 1 aromatic carbocycles. The Morgan fingerprint density at radius 1 is 1.22 bits per heavy atom. The van der Waals surface area contributed by atoms with Crippen molar-refractivity contribution in [2.45, 2.75) is 32.4 Å². The summed E-state index contributed by atoms with van der Waals surface area (Å²) in [7, 11) is -0.937. The average Bonchev–Trinajstić information content (AvgIpc) is 2.62. The van der Waals surface area contributed by atoms with Crippen LogP contribution in [-0.2, 0) is 10.8 Å². The normalized spacial score (nSPS) is 17.2. The summed E-state index contributed by atoms with van der Waals surface area (Å²) in [4.78, 5) is 8.57. The number of guanidine groups is 1. The van der Waals surface area contributed by atoms with Crippen LogP contribution in [0.4, 0.5) is 14.5 Å². The zero-order chi connectivity index (χ0) is 20.0. The van der Waals surface area contributed by atoms with E-state index in [2.05, 4.69) is 15.2 Å². The molecule has 0 bridgehead atoms. The van der Waals surface area contributed by atoms with Crippen molar-refractivity contribution in [2.24, 2.45) is 4.99 Å². The number of benzene rings is 1. The van der Waals surface area contributed by atoms with Gasteiger partial charge in [-0.1, -0.05) is 0 Å². The molecule has 1 unspecified atom stereocenters. The largest absolute Gasteiger partial charge is 0.366 e. The molecular formula is C19H30F2N4OS. The van der Waals surface area contributed by atoms with Gasteiger partial charge in [-0.15, -0.1) is 0 Å². The second-order valence-electron chi connectivity index (χ2n) is 7.47. The number of aliphatic imine (C=N–C) groups is 1. The van der Waals surface area contributed by atoms with Crippen molar-refractivity contribution >= 4 is 22.4 Å². The van der Waals surface area contributed by atoms with Crippen molar-refractivity contribution in [3.05, 3.63) is 29.8 Å². The summed E-state index contributed by atoms with van der Waals surface area (Å²) in [6.07, 6.45) is 0. The summed E-state index contributed by atoms with van der Waals surface area (Å²) < 4.78 is 39.4. The maximum Gasteiger partial charge on any atom is 0.194 e. The topological polar surface area (TPSA) is 47.9 Å². The van der Waals surface area contributed by atoms with Crippen LogP contribution in [0.3, 0.4) is 0 Å². The van der Waals surface area contributed by atoms with E-state index in [1.54, 1.807) is 0 Å². The molecule has 0 saturated carbocycles.